The second kappa shape index (κ2) is 6.50. The molecule has 3 fully saturated rings. The van der Waals surface area contributed by atoms with Crippen molar-refractivity contribution in [3.05, 3.63) is 11.6 Å². The average Bonchev–Trinajstić information content (AvgIpc) is 2.58. The Labute approximate surface area is 155 Å². The summed E-state index contributed by atoms with van der Waals surface area (Å²) in [6, 6.07) is 0. The molecule has 0 aromatic rings. The molecule has 6 unspecified atom stereocenters. The van der Waals surface area contributed by atoms with Crippen LogP contribution in [0.1, 0.15) is 59.3 Å². The first-order valence-corrected chi connectivity index (χ1v) is 9.69. The number of allylic oxidation sites excluding steroid dienone is 1. The van der Waals surface area contributed by atoms with Crippen LogP contribution in [0.4, 0.5) is 0 Å². The lowest BCUT2D eigenvalue weighted by Gasteiger charge is -2.60. The summed E-state index contributed by atoms with van der Waals surface area (Å²) in [6.45, 7) is 6.22. The van der Waals surface area contributed by atoms with Gasteiger partial charge in [0.05, 0.1) is 12.5 Å². The number of carboxylic acids is 1. The Kier molecular flexibility index (Phi) is 4.78. The predicted molar refractivity (Wildman–Crippen MR) is 96.3 cm³/mol. The Hall–Kier alpha value is -1.65. The number of rotatable bonds is 2. The highest BCUT2D eigenvalue weighted by Crippen LogP contribution is 2.64. The molecule has 0 bridgehead atoms. The zero-order valence-electron chi connectivity index (χ0n) is 16.2. The van der Waals surface area contributed by atoms with Crippen molar-refractivity contribution in [2.75, 3.05) is 7.11 Å². The van der Waals surface area contributed by atoms with Crippen LogP contribution >= 0.6 is 0 Å². The van der Waals surface area contributed by atoms with Crippen molar-refractivity contribution in [2.24, 2.45) is 34.5 Å². The van der Waals surface area contributed by atoms with Crippen molar-refractivity contribution in [3.63, 3.8) is 0 Å². The molecule has 0 radical (unpaired) electrons. The third-order valence-electron chi connectivity index (χ3n) is 7.86. The summed E-state index contributed by atoms with van der Waals surface area (Å²) < 4.78 is 5.12. The molecule has 26 heavy (non-hydrogen) atoms. The van der Waals surface area contributed by atoms with E-state index in [1.54, 1.807) is 0 Å². The quantitative estimate of drug-likeness (QED) is 0.599. The molecular formula is C21H30O5. The highest BCUT2D eigenvalue weighted by Gasteiger charge is 2.62. The molecule has 0 saturated heterocycles. The number of hydrogen-bond donors (Lipinski definition) is 1. The first kappa shape index (κ1) is 19.1. The molecule has 3 rings (SSSR count). The van der Waals surface area contributed by atoms with Gasteiger partial charge in [-0.05, 0) is 55.8 Å². The van der Waals surface area contributed by atoms with E-state index in [1.807, 2.05) is 13.8 Å². The molecule has 5 nitrogen and oxygen atoms in total. The largest absolute Gasteiger partial charge is 0.478 e. The lowest BCUT2D eigenvalue weighted by atomic mass is 9.43. The molecule has 0 spiro atoms. The SMILES string of the molecule is COC(=O)C1(C)CCCC2(C)C3CCC(=CC(=O)O)C(C)C3C(=O)CC12. The summed E-state index contributed by atoms with van der Waals surface area (Å²) in [5, 5.41) is 9.13. The van der Waals surface area contributed by atoms with Gasteiger partial charge < -0.3 is 9.84 Å². The minimum absolute atomic E-state index is 0.00199. The zero-order chi connectivity index (χ0) is 19.3. The molecule has 0 aliphatic heterocycles. The normalized spacial score (nSPS) is 44.2. The number of hydrogen-bond acceptors (Lipinski definition) is 4. The summed E-state index contributed by atoms with van der Waals surface area (Å²) in [5.41, 5.74) is 0.187. The smallest absolute Gasteiger partial charge is 0.328 e. The fourth-order valence-electron chi connectivity index (χ4n) is 6.54. The molecular weight excluding hydrogens is 332 g/mol. The van der Waals surface area contributed by atoms with E-state index in [1.165, 1.54) is 13.2 Å². The Morgan fingerprint density at radius 2 is 1.96 bits per heavy atom. The van der Waals surface area contributed by atoms with Crippen molar-refractivity contribution < 1.29 is 24.2 Å². The lowest BCUT2D eigenvalue weighted by Crippen LogP contribution is -2.59. The van der Waals surface area contributed by atoms with Gasteiger partial charge in [0.15, 0.2) is 0 Å². The van der Waals surface area contributed by atoms with Crippen molar-refractivity contribution >= 4 is 17.7 Å². The second-order valence-electron chi connectivity index (χ2n) is 9.01. The van der Waals surface area contributed by atoms with Crippen LogP contribution in [0, 0.1) is 34.5 Å². The number of carbonyl (C=O) groups excluding carboxylic acids is 2. The van der Waals surface area contributed by atoms with Crippen molar-refractivity contribution in [1.82, 2.24) is 0 Å². The van der Waals surface area contributed by atoms with E-state index in [-0.39, 0.29) is 40.8 Å². The maximum absolute atomic E-state index is 13.1. The first-order valence-electron chi connectivity index (χ1n) is 9.69. The zero-order valence-corrected chi connectivity index (χ0v) is 16.2. The number of methoxy groups -OCH3 is 1. The molecule has 3 saturated carbocycles. The van der Waals surface area contributed by atoms with Gasteiger partial charge in [-0.2, -0.15) is 0 Å². The molecule has 0 aromatic carbocycles. The number of Topliss-reactive ketones (excluding diaryl/α,β-unsaturated/α-hetero) is 1. The van der Waals surface area contributed by atoms with E-state index in [2.05, 4.69) is 6.92 Å². The third kappa shape index (κ3) is 2.71. The van der Waals surface area contributed by atoms with Crippen LogP contribution in [-0.2, 0) is 19.1 Å². The van der Waals surface area contributed by atoms with E-state index in [0.717, 1.165) is 37.7 Å². The molecule has 1 N–H and O–H groups in total. The highest BCUT2D eigenvalue weighted by atomic mass is 16.5. The van der Waals surface area contributed by atoms with Gasteiger partial charge in [0.25, 0.3) is 0 Å². The molecule has 0 heterocycles. The summed E-state index contributed by atoms with van der Waals surface area (Å²) in [5.74, 6) is -0.903. The average molecular weight is 362 g/mol. The molecule has 0 aromatic heterocycles. The first-order chi connectivity index (χ1) is 12.1. The Bertz CT molecular complexity index is 665. The van der Waals surface area contributed by atoms with Gasteiger partial charge >= 0.3 is 11.9 Å². The van der Waals surface area contributed by atoms with Crippen LogP contribution in [0.15, 0.2) is 11.6 Å². The Balaban J connectivity index is 1.99. The second-order valence-corrected chi connectivity index (χ2v) is 9.01. The van der Waals surface area contributed by atoms with Crippen LogP contribution in [-0.4, -0.2) is 29.9 Å². The minimum atomic E-state index is -0.937. The van der Waals surface area contributed by atoms with Crippen LogP contribution in [0.3, 0.4) is 0 Å². The number of carbonyl (C=O) groups is 3. The van der Waals surface area contributed by atoms with Gasteiger partial charge in [-0.3, -0.25) is 9.59 Å². The standard InChI is InChI=1S/C21H30O5/c1-12-13(10-17(23)24)6-7-14-18(12)15(22)11-16-20(14,2)8-5-9-21(16,3)19(25)26-4/h10,12,14,16,18H,5-9,11H2,1-4H3,(H,23,24). The van der Waals surface area contributed by atoms with E-state index in [4.69, 9.17) is 9.84 Å². The summed E-state index contributed by atoms with van der Waals surface area (Å²) in [4.78, 5) is 36.8. The van der Waals surface area contributed by atoms with Crippen LogP contribution < -0.4 is 0 Å². The van der Waals surface area contributed by atoms with Crippen LogP contribution in [0.2, 0.25) is 0 Å². The minimum Gasteiger partial charge on any atom is -0.478 e. The van der Waals surface area contributed by atoms with Crippen LogP contribution in [0.5, 0.6) is 0 Å². The maximum Gasteiger partial charge on any atom is 0.328 e. The van der Waals surface area contributed by atoms with Gasteiger partial charge in [0.2, 0.25) is 0 Å². The number of ether oxygens (including phenoxy) is 1. The fraction of sp³-hybridized carbons (Fsp3) is 0.762. The number of carboxylic acid groups (broad SMARTS) is 1. The monoisotopic (exact) mass is 362 g/mol. The predicted octanol–water partition coefficient (Wildman–Crippen LogP) is 3.62. The van der Waals surface area contributed by atoms with E-state index < -0.39 is 11.4 Å². The Morgan fingerprint density at radius 3 is 2.58 bits per heavy atom. The van der Waals surface area contributed by atoms with Crippen molar-refractivity contribution in [3.8, 4) is 0 Å². The number of esters is 1. The van der Waals surface area contributed by atoms with Gasteiger partial charge in [0, 0.05) is 18.4 Å². The summed E-state index contributed by atoms with van der Waals surface area (Å²) in [7, 11) is 1.43. The summed E-state index contributed by atoms with van der Waals surface area (Å²) >= 11 is 0. The molecule has 6 atom stereocenters. The molecule has 0 amide bonds. The highest BCUT2D eigenvalue weighted by molar-refractivity contribution is 5.86. The summed E-state index contributed by atoms with van der Waals surface area (Å²) in [6.07, 6.45) is 5.98. The van der Waals surface area contributed by atoms with Crippen LogP contribution in [0.25, 0.3) is 0 Å². The number of aliphatic carboxylic acids is 1. The molecule has 3 aliphatic rings. The van der Waals surface area contributed by atoms with Gasteiger partial charge in [-0.25, -0.2) is 4.79 Å². The van der Waals surface area contributed by atoms with E-state index in [0.29, 0.717) is 6.42 Å². The topological polar surface area (TPSA) is 80.7 Å². The Morgan fingerprint density at radius 1 is 1.27 bits per heavy atom. The van der Waals surface area contributed by atoms with E-state index in [9.17, 15) is 14.4 Å². The third-order valence-corrected chi connectivity index (χ3v) is 7.86. The lowest BCUT2D eigenvalue weighted by molar-refractivity contribution is -0.178. The maximum atomic E-state index is 13.1. The van der Waals surface area contributed by atoms with Crippen molar-refractivity contribution in [1.29, 1.82) is 0 Å². The van der Waals surface area contributed by atoms with Crippen molar-refractivity contribution in [2.45, 2.75) is 59.3 Å². The van der Waals surface area contributed by atoms with Gasteiger partial charge in [-0.15, -0.1) is 0 Å². The van der Waals surface area contributed by atoms with Gasteiger partial charge in [0.1, 0.15) is 5.78 Å². The molecule has 5 heteroatoms. The number of fused-ring (bicyclic) bond motifs is 3. The van der Waals surface area contributed by atoms with Gasteiger partial charge in [-0.1, -0.05) is 25.8 Å². The molecule has 3 aliphatic carbocycles. The fourth-order valence-corrected chi connectivity index (χ4v) is 6.54. The number of ketones is 1. The van der Waals surface area contributed by atoms with E-state index >= 15 is 0 Å². The molecule has 144 valence electrons.